The summed E-state index contributed by atoms with van der Waals surface area (Å²) in [5.74, 6) is 0.859. The minimum Gasteiger partial charge on any atom is -0.240 e. The van der Waals surface area contributed by atoms with Gasteiger partial charge in [-0.2, -0.15) is 0 Å². The lowest BCUT2D eigenvalue weighted by molar-refractivity contribution is 1.13. The second-order valence-electron chi connectivity index (χ2n) is 1.56. The molecule has 0 N–H and O–H groups in total. The van der Waals surface area contributed by atoms with E-state index in [-0.39, 0.29) is 0 Å². The SMILES string of the molecule is CC1=CN=C(C)[N]1. The third-order valence-corrected chi connectivity index (χ3v) is 0.776. The molecule has 0 amide bonds. The molecule has 0 aromatic heterocycles. The largest absolute Gasteiger partial charge is 0.240 e. The van der Waals surface area contributed by atoms with Crippen LogP contribution < -0.4 is 5.32 Å². The van der Waals surface area contributed by atoms with E-state index in [1.807, 2.05) is 13.8 Å². The summed E-state index contributed by atoms with van der Waals surface area (Å²) in [6.07, 6.45) is 1.76. The zero-order valence-corrected chi connectivity index (χ0v) is 4.47. The minimum absolute atomic E-state index is 0.859. The number of rotatable bonds is 0. The number of nitrogens with zero attached hydrogens (tertiary/aromatic N) is 2. The van der Waals surface area contributed by atoms with Crippen molar-refractivity contribution in [1.29, 1.82) is 0 Å². The molecule has 0 unspecified atom stereocenters. The lowest BCUT2D eigenvalue weighted by Gasteiger charge is -1.86. The van der Waals surface area contributed by atoms with E-state index < -0.39 is 0 Å². The predicted molar refractivity (Wildman–Crippen MR) is 29.0 cm³/mol. The molecular weight excluding hydrogens is 88.1 g/mol. The molecule has 1 aliphatic rings. The van der Waals surface area contributed by atoms with E-state index in [9.17, 15) is 0 Å². The van der Waals surface area contributed by atoms with E-state index in [1.165, 1.54) is 0 Å². The zero-order valence-electron chi connectivity index (χ0n) is 4.47. The van der Waals surface area contributed by atoms with Gasteiger partial charge >= 0.3 is 0 Å². The highest BCUT2D eigenvalue weighted by Crippen LogP contribution is 1.97. The second-order valence-corrected chi connectivity index (χ2v) is 1.56. The Morgan fingerprint density at radius 2 is 2.14 bits per heavy atom. The molecule has 0 fully saturated rings. The van der Waals surface area contributed by atoms with Crippen molar-refractivity contribution >= 4 is 5.84 Å². The summed E-state index contributed by atoms with van der Waals surface area (Å²) < 4.78 is 0. The van der Waals surface area contributed by atoms with Gasteiger partial charge in [-0.1, -0.05) is 0 Å². The maximum absolute atomic E-state index is 4.00. The first kappa shape index (κ1) is 4.37. The first-order valence-corrected chi connectivity index (χ1v) is 2.22. The van der Waals surface area contributed by atoms with E-state index >= 15 is 0 Å². The van der Waals surface area contributed by atoms with Crippen molar-refractivity contribution in [3.05, 3.63) is 11.9 Å². The molecule has 1 radical (unpaired) electrons. The van der Waals surface area contributed by atoms with Crippen LogP contribution in [-0.2, 0) is 0 Å². The van der Waals surface area contributed by atoms with Gasteiger partial charge in [-0.05, 0) is 13.8 Å². The number of hydrogen-bond acceptors (Lipinski definition) is 1. The number of allylic oxidation sites excluding steroid dienone is 1. The molecule has 0 atom stereocenters. The Balaban J connectivity index is 2.61. The van der Waals surface area contributed by atoms with Crippen molar-refractivity contribution in [2.24, 2.45) is 4.99 Å². The number of hydrogen-bond donors (Lipinski definition) is 0. The maximum atomic E-state index is 4.00. The van der Waals surface area contributed by atoms with Crippen molar-refractivity contribution in [3.63, 3.8) is 0 Å². The molecule has 1 heterocycles. The van der Waals surface area contributed by atoms with Crippen molar-refractivity contribution in [2.75, 3.05) is 0 Å². The molecule has 2 heteroatoms. The Morgan fingerprint density at radius 1 is 1.43 bits per heavy atom. The lowest BCUT2D eigenvalue weighted by Crippen LogP contribution is -2.02. The van der Waals surface area contributed by atoms with Gasteiger partial charge in [0.15, 0.2) is 0 Å². The van der Waals surface area contributed by atoms with E-state index in [4.69, 9.17) is 0 Å². The molecule has 0 bridgehead atoms. The van der Waals surface area contributed by atoms with Gasteiger partial charge in [0, 0.05) is 0 Å². The molecule has 0 spiro atoms. The summed E-state index contributed by atoms with van der Waals surface area (Å²) >= 11 is 0. The van der Waals surface area contributed by atoms with Crippen LogP contribution in [0.15, 0.2) is 16.9 Å². The van der Waals surface area contributed by atoms with Crippen LogP contribution in [0.25, 0.3) is 0 Å². The Kier molecular flexibility index (Phi) is 0.855. The van der Waals surface area contributed by atoms with Gasteiger partial charge in [0.2, 0.25) is 0 Å². The van der Waals surface area contributed by atoms with Crippen LogP contribution in [0.5, 0.6) is 0 Å². The molecule has 2 nitrogen and oxygen atoms in total. The maximum Gasteiger partial charge on any atom is 0.125 e. The average Bonchev–Trinajstić information content (AvgIpc) is 1.87. The molecule has 0 saturated heterocycles. The summed E-state index contributed by atoms with van der Waals surface area (Å²) in [4.78, 5) is 3.91. The molecule has 1 aliphatic heterocycles. The van der Waals surface area contributed by atoms with Gasteiger partial charge in [-0.15, -0.1) is 0 Å². The standard InChI is InChI=1S/C5H7N2/c1-4-3-6-5(2)7-4/h3H,1-2H3. The van der Waals surface area contributed by atoms with Gasteiger partial charge in [0.25, 0.3) is 0 Å². The smallest absolute Gasteiger partial charge is 0.125 e. The van der Waals surface area contributed by atoms with E-state index in [0.29, 0.717) is 0 Å². The third-order valence-electron chi connectivity index (χ3n) is 0.776. The molecule has 1 rings (SSSR count). The van der Waals surface area contributed by atoms with Crippen LogP contribution >= 0.6 is 0 Å². The molecule has 0 saturated carbocycles. The summed E-state index contributed by atoms with van der Waals surface area (Å²) in [7, 11) is 0. The first-order chi connectivity index (χ1) is 3.29. The lowest BCUT2D eigenvalue weighted by atomic mass is 10.5. The average molecular weight is 95.1 g/mol. The van der Waals surface area contributed by atoms with Crippen molar-refractivity contribution < 1.29 is 0 Å². The predicted octanol–water partition coefficient (Wildman–Crippen LogP) is 0.884. The summed E-state index contributed by atoms with van der Waals surface area (Å²) in [6.45, 7) is 3.81. The highest BCUT2D eigenvalue weighted by Gasteiger charge is 1.98. The summed E-state index contributed by atoms with van der Waals surface area (Å²) in [5, 5.41) is 4.00. The van der Waals surface area contributed by atoms with Crippen LogP contribution in [0.3, 0.4) is 0 Å². The van der Waals surface area contributed by atoms with Crippen molar-refractivity contribution in [3.8, 4) is 0 Å². The fourth-order valence-corrected chi connectivity index (χ4v) is 0.500. The van der Waals surface area contributed by atoms with Crippen LogP contribution in [0.2, 0.25) is 0 Å². The van der Waals surface area contributed by atoms with Crippen molar-refractivity contribution in [2.45, 2.75) is 13.8 Å². The van der Waals surface area contributed by atoms with Gasteiger partial charge in [-0.3, -0.25) is 0 Å². The monoisotopic (exact) mass is 95.1 g/mol. The fraction of sp³-hybridized carbons (Fsp3) is 0.400. The Labute approximate surface area is 42.9 Å². The summed E-state index contributed by atoms with van der Waals surface area (Å²) in [5.41, 5.74) is 0.998. The molecule has 37 valence electrons. The van der Waals surface area contributed by atoms with E-state index in [1.54, 1.807) is 6.20 Å². The van der Waals surface area contributed by atoms with Gasteiger partial charge in [0.05, 0.1) is 11.9 Å². The van der Waals surface area contributed by atoms with Gasteiger partial charge in [0.1, 0.15) is 5.84 Å². The summed E-state index contributed by atoms with van der Waals surface area (Å²) in [6, 6.07) is 0. The van der Waals surface area contributed by atoms with E-state index in [2.05, 4.69) is 10.3 Å². The normalized spacial score (nSPS) is 18.0. The second kappa shape index (κ2) is 1.37. The fourth-order valence-electron chi connectivity index (χ4n) is 0.500. The number of amidine groups is 1. The van der Waals surface area contributed by atoms with Crippen LogP contribution in [0, 0.1) is 0 Å². The Hall–Kier alpha value is -0.790. The quantitative estimate of drug-likeness (QED) is 0.427. The third kappa shape index (κ3) is 0.796. The number of aliphatic imine (C=N–C) groups is 1. The van der Waals surface area contributed by atoms with Crippen LogP contribution in [0.1, 0.15) is 13.8 Å². The molecule has 0 aromatic rings. The van der Waals surface area contributed by atoms with Crippen molar-refractivity contribution in [1.82, 2.24) is 5.32 Å². The Bertz CT molecular complexity index is 117. The van der Waals surface area contributed by atoms with Crippen LogP contribution in [0.4, 0.5) is 0 Å². The molecule has 0 aliphatic carbocycles. The van der Waals surface area contributed by atoms with Gasteiger partial charge in [-0.25, -0.2) is 10.3 Å². The molecular formula is C5H7N2. The first-order valence-electron chi connectivity index (χ1n) is 2.22. The highest BCUT2D eigenvalue weighted by atomic mass is 15.0. The minimum atomic E-state index is 0.859. The Morgan fingerprint density at radius 3 is 2.29 bits per heavy atom. The molecule has 7 heavy (non-hydrogen) atoms. The topological polar surface area (TPSA) is 26.5 Å². The highest BCUT2D eigenvalue weighted by molar-refractivity contribution is 5.83. The van der Waals surface area contributed by atoms with Crippen LogP contribution in [-0.4, -0.2) is 5.84 Å². The molecule has 0 aromatic carbocycles. The van der Waals surface area contributed by atoms with E-state index in [0.717, 1.165) is 11.5 Å². The van der Waals surface area contributed by atoms with Gasteiger partial charge < -0.3 is 0 Å². The zero-order chi connectivity index (χ0) is 5.28.